The second kappa shape index (κ2) is 8.66. The van der Waals surface area contributed by atoms with Gasteiger partial charge in [-0.2, -0.15) is 5.26 Å². The summed E-state index contributed by atoms with van der Waals surface area (Å²) in [5.74, 6) is 0.796. The second-order valence-corrected chi connectivity index (χ2v) is 8.88. The largest absolute Gasteiger partial charge is 0.206 e. The Bertz CT molecular complexity index is 910. The molecule has 152 valence electrons. The monoisotopic (exact) mass is 393 g/mol. The summed E-state index contributed by atoms with van der Waals surface area (Å²) >= 11 is 0. The quantitative estimate of drug-likeness (QED) is 0.482. The van der Waals surface area contributed by atoms with Gasteiger partial charge in [-0.15, -0.1) is 0 Å². The first-order valence-corrected chi connectivity index (χ1v) is 11.1. The molecule has 3 heteroatoms. The lowest BCUT2D eigenvalue weighted by molar-refractivity contribution is 0.197. The van der Waals surface area contributed by atoms with Gasteiger partial charge in [0, 0.05) is 0 Å². The fraction of sp³-hybridized carbons (Fsp3) is 0.500. The van der Waals surface area contributed by atoms with Gasteiger partial charge < -0.3 is 0 Å². The molecule has 0 saturated heterocycles. The number of halogens is 2. The SMILES string of the molecule is CCCCCC1CCC2c3cc(F)c(-c4ccc(C#N)cc4)c(F)c3CCC2C1. The van der Waals surface area contributed by atoms with E-state index in [0.29, 0.717) is 29.4 Å². The molecule has 0 heterocycles. The Kier molecular flexibility index (Phi) is 5.99. The van der Waals surface area contributed by atoms with Gasteiger partial charge in [-0.05, 0) is 84.7 Å². The zero-order valence-corrected chi connectivity index (χ0v) is 17.2. The summed E-state index contributed by atoms with van der Waals surface area (Å²) in [5, 5.41) is 8.96. The molecule has 4 rings (SSSR count). The van der Waals surface area contributed by atoms with Crippen LogP contribution in [-0.2, 0) is 6.42 Å². The van der Waals surface area contributed by atoms with Crippen LogP contribution in [-0.4, -0.2) is 0 Å². The Balaban J connectivity index is 1.59. The fourth-order valence-electron chi connectivity index (χ4n) is 5.60. The van der Waals surface area contributed by atoms with Crippen molar-refractivity contribution in [3.63, 3.8) is 0 Å². The van der Waals surface area contributed by atoms with Gasteiger partial charge in [-0.1, -0.05) is 44.7 Å². The predicted molar refractivity (Wildman–Crippen MR) is 113 cm³/mol. The van der Waals surface area contributed by atoms with E-state index in [1.54, 1.807) is 30.3 Å². The molecule has 1 saturated carbocycles. The topological polar surface area (TPSA) is 23.8 Å². The third-order valence-corrected chi connectivity index (χ3v) is 7.13. The van der Waals surface area contributed by atoms with E-state index in [1.165, 1.54) is 38.5 Å². The van der Waals surface area contributed by atoms with Crippen molar-refractivity contribution in [1.82, 2.24) is 0 Å². The molecule has 3 unspecified atom stereocenters. The third kappa shape index (κ3) is 3.95. The summed E-state index contributed by atoms with van der Waals surface area (Å²) < 4.78 is 30.5. The van der Waals surface area contributed by atoms with Crippen LogP contribution in [0.3, 0.4) is 0 Å². The van der Waals surface area contributed by atoms with E-state index in [9.17, 15) is 0 Å². The van der Waals surface area contributed by atoms with Crippen LogP contribution in [0, 0.1) is 34.8 Å². The molecular formula is C26H29F2N. The van der Waals surface area contributed by atoms with E-state index in [4.69, 9.17) is 5.26 Å². The van der Waals surface area contributed by atoms with Crippen molar-refractivity contribution in [2.24, 2.45) is 11.8 Å². The van der Waals surface area contributed by atoms with Crippen LogP contribution in [0.1, 0.15) is 80.9 Å². The number of benzene rings is 2. The van der Waals surface area contributed by atoms with E-state index < -0.39 is 11.6 Å². The number of hydrogen-bond donors (Lipinski definition) is 0. The molecule has 2 aromatic carbocycles. The molecule has 2 aliphatic carbocycles. The summed E-state index contributed by atoms with van der Waals surface area (Å²) in [5.41, 5.74) is 2.69. The third-order valence-electron chi connectivity index (χ3n) is 7.13. The highest BCUT2D eigenvalue weighted by molar-refractivity contribution is 5.68. The van der Waals surface area contributed by atoms with Gasteiger partial charge in [0.15, 0.2) is 0 Å². The van der Waals surface area contributed by atoms with E-state index in [0.717, 1.165) is 29.9 Å². The molecule has 3 atom stereocenters. The molecule has 2 aliphatic rings. The molecule has 0 aromatic heterocycles. The molecule has 2 aromatic rings. The van der Waals surface area contributed by atoms with Crippen LogP contribution >= 0.6 is 0 Å². The van der Waals surface area contributed by atoms with Crippen molar-refractivity contribution in [2.75, 3.05) is 0 Å². The average Bonchev–Trinajstić information content (AvgIpc) is 2.74. The Morgan fingerprint density at radius 2 is 1.86 bits per heavy atom. The van der Waals surface area contributed by atoms with Crippen molar-refractivity contribution in [3.8, 4) is 17.2 Å². The lowest BCUT2D eigenvalue weighted by Gasteiger charge is -2.41. The average molecular weight is 394 g/mol. The first kappa shape index (κ1) is 20.1. The molecule has 0 N–H and O–H groups in total. The van der Waals surface area contributed by atoms with Crippen LogP contribution in [0.5, 0.6) is 0 Å². The van der Waals surface area contributed by atoms with Gasteiger partial charge in [-0.25, -0.2) is 8.78 Å². The normalized spacial score (nSPS) is 23.2. The lowest BCUT2D eigenvalue weighted by Crippen LogP contribution is -2.29. The maximum Gasteiger partial charge on any atom is 0.137 e. The highest BCUT2D eigenvalue weighted by atomic mass is 19.1. The lowest BCUT2D eigenvalue weighted by atomic mass is 9.64. The van der Waals surface area contributed by atoms with E-state index >= 15 is 8.78 Å². The van der Waals surface area contributed by atoms with E-state index in [-0.39, 0.29) is 5.56 Å². The van der Waals surface area contributed by atoms with Crippen LogP contribution in [0.4, 0.5) is 8.78 Å². The molecular weight excluding hydrogens is 364 g/mol. The summed E-state index contributed by atoms with van der Waals surface area (Å²) in [6, 6.07) is 10.2. The minimum absolute atomic E-state index is 0.0555. The van der Waals surface area contributed by atoms with Gasteiger partial charge in [0.2, 0.25) is 0 Å². The molecule has 0 amide bonds. The second-order valence-electron chi connectivity index (χ2n) is 8.88. The van der Waals surface area contributed by atoms with Gasteiger partial charge in [-0.3, -0.25) is 0 Å². The van der Waals surface area contributed by atoms with Crippen LogP contribution < -0.4 is 0 Å². The van der Waals surface area contributed by atoms with Gasteiger partial charge >= 0.3 is 0 Å². The van der Waals surface area contributed by atoms with Gasteiger partial charge in [0.25, 0.3) is 0 Å². The first-order chi connectivity index (χ1) is 14.1. The first-order valence-electron chi connectivity index (χ1n) is 11.1. The number of unbranched alkanes of at least 4 members (excludes halogenated alkanes) is 2. The van der Waals surface area contributed by atoms with Crippen molar-refractivity contribution >= 4 is 0 Å². The summed E-state index contributed by atoms with van der Waals surface area (Å²) in [7, 11) is 0. The van der Waals surface area contributed by atoms with Crippen molar-refractivity contribution in [3.05, 3.63) is 58.7 Å². The summed E-state index contributed by atoms with van der Waals surface area (Å²) in [4.78, 5) is 0. The molecule has 0 spiro atoms. The number of rotatable bonds is 5. The molecule has 0 aliphatic heterocycles. The van der Waals surface area contributed by atoms with E-state index in [2.05, 4.69) is 6.92 Å². The number of nitriles is 1. The Morgan fingerprint density at radius 1 is 1.07 bits per heavy atom. The Hall–Kier alpha value is -2.21. The fourth-order valence-corrected chi connectivity index (χ4v) is 5.60. The zero-order chi connectivity index (χ0) is 20.4. The number of nitrogens with zero attached hydrogens (tertiary/aromatic N) is 1. The highest BCUT2D eigenvalue weighted by Gasteiger charge is 2.37. The Labute approximate surface area is 172 Å². The molecule has 29 heavy (non-hydrogen) atoms. The maximum absolute atomic E-state index is 15.4. The number of hydrogen-bond acceptors (Lipinski definition) is 1. The maximum atomic E-state index is 15.4. The molecule has 0 radical (unpaired) electrons. The van der Waals surface area contributed by atoms with Crippen molar-refractivity contribution < 1.29 is 8.78 Å². The van der Waals surface area contributed by atoms with E-state index in [1.807, 2.05) is 6.07 Å². The zero-order valence-electron chi connectivity index (χ0n) is 17.2. The van der Waals surface area contributed by atoms with Gasteiger partial charge in [0.1, 0.15) is 11.6 Å². The standard InChI is InChI=1S/C26H29F2N/c1-2-3-4-5-17-8-12-21-20(14-17)11-13-22-23(21)15-24(27)25(26(22)28)19-9-6-18(16-29)7-10-19/h6-7,9-10,15,17,20-21H,2-5,8,11-14H2,1H3. The minimum atomic E-state index is -0.475. The Morgan fingerprint density at radius 3 is 2.59 bits per heavy atom. The highest BCUT2D eigenvalue weighted by Crippen LogP contribution is 2.49. The molecule has 0 bridgehead atoms. The molecule has 1 fully saturated rings. The van der Waals surface area contributed by atoms with Crippen LogP contribution in [0.15, 0.2) is 30.3 Å². The molecule has 1 nitrogen and oxygen atoms in total. The van der Waals surface area contributed by atoms with Gasteiger partial charge in [0.05, 0.1) is 17.2 Å². The summed E-state index contributed by atoms with van der Waals surface area (Å²) in [6.07, 6.45) is 10.4. The van der Waals surface area contributed by atoms with Crippen molar-refractivity contribution in [1.29, 1.82) is 5.26 Å². The number of fused-ring (bicyclic) bond motifs is 3. The minimum Gasteiger partial charge on any atom is -0.206 e. The van der Waals surface area contributed by atoms with Crippen LogP contribution in [0.2, 0.25) is 0 Å². The smallest absolute Gasteiger partial charge is 0.137 e. The summed E-state index contributed by atoms with van der Waals surface area (Å²) in [6.45, 7) is 2.24. The van der Waals surface area contributed by atoms with Crippen molar-refractivity contribution in [2.45, 2.75) is 70.6 Å². The van der Waals surface area contributed by atoms with Crippen LogP contribution in [0.25, 0.3) is 11.1 Å². The predicted octanol–water partition coefficient (Wildman–Crippen LogP) is 7.53.